The molecule has 5 nitrogen and oxygen atoms in total. The number of benzene rings is 2. The van der Waals surface area contributed by atoms with Crippen LogP contribution in [0.1, 0.15) is 11.3 Å². The molecule has 1 aliphatic rings. The molecule has 0 fully saturated rings. The fourth-order valence-electron chi connectivity index (χ4n) is 3.18. The molecule has 4 rings (SSSR count). The Morgan fingerprint density at radius 2 is 1.92 bits per heavy atom. The minimum absolute atomic E-state index is 0.0371. The summed E-state index contributed by atoms with van der Waals surface area (Å²) in [6.45, 7) is 1.56. The van der Waals surface area contributed by atoms with Gasteiger partial charge in [-0.05, 0) is 42.0 Å². The van der Waals surface area contributed by atoms with E-state index in [4.69, 9.17) is 21.1 Å². The van der Waals surface area contributed by atoms with Crippen LogP contribution in [0.25, 0.3) is 10.9 Å². The molecule has 2 aromatic carbocycles. The van der Waals surface area contributed by atoms with Crippen LogP contribution in [0, 0.1) is 0 Å². The van der Waals surface area contributed by atoms with Gasteiger partial charge < -0.3 is 19.4 Å². The molecule has 0 saturated carbocycles. The summed E-state index contributed by atoms with van der Waals surface area (Å²) in [4.78, 5) is 12.3. The van der Waals surface area contributed by atoms with Crippen molar-refractivity contribution < 1.29 is 14.3 Å². The molecule has 0 unspecified atom stereocenters. The summed E-state index contributed by atoms with van der Waals surface area (Å²) < 4.78 is 13.1. The maximum absolute atomic E-state index is 12.3. The molecule has 0 radical (unpaired) electrons. The van der Waals surface area contributed by atoms with Gasteiger partial charge in [-0.1, -0.05) is 17.7 Å². The van der Waals surface area contributed by atoms with Gasteiger partial charge in [-0.3, -0.25) is 4.79 Å². The van der Waals surface area contributed by atoms with Gasteiger partial charge in [0.2, 0.25) is 5.91 Å². The van der Waals surface area contributed by atoms with Crippen molar-refractivity contribution >= 4 is 28.4 Å². The standard InChI is InChI=1S/C20H19ClN2O3/c1-23-16(11-14-10-15(21)3-4-17(14)23)12-22-20(24)9-13-2-5-18-19(8-13)26-7-6-25-18/h2-5,8,10-11H,6-7,9,12H2,1H3,(H,22,24). The lowest BCUT2D eigenvalue weighted by atomic mass is 10.1. The number of nitrogens with one attached hydrogen (secondary N) is 1. The fraction of sp³-hybridized carbons (Fsp3) is 0.250. The number of hydrogen-bond acceptors (Lipinski definition) is 3. The number of aromatic nitrogens is 1. The molecule has 0 atom stereocenters. The number of fused-ring (bicyclic) bond motifs is 2. The van der Waals surface area contributed by atoms with Crippen molar-refractivity contribution in [3.05, 3.63) is 58.7 Å². The number of carbonyl (C=O) groups excluding carboxylic acids is 1. The molecule has 0 spiro atoms. The number of nitrogens with zero attached hydrogens (tertiary/aromatic N) is 1. The topological polar surface area (TPSA) is 52.5 Å². The van der Waals surface area contributed by atoms with E-state index in [9.17, 15) is 4.79 Å². The number of ether oxygens (including phenoxy) is 2. The van der Waals surface area contributed by atoms with Crippen molar-refractivity contribution in [3.63, 3.8) is 0 Å². The lowest BCUT2D eigenvalue weighted by molar-refractivity contribution is -0.120. The quantitative estimate of drug-likeness (QED) is 0.765. The van der Waals surface area contributed by atoms with Crippen molar-refractivity contribution in [1.29, 1.82) is 0 Å². The van der Waals surface area contributed by atoms with Crippen molar-refractivity contribution in [1.82, 2.24) is 9.88 Å². The Morgan fingerprint density at radius 3 is 2.77 bits per heavy atom. The average Bonchev–Trinajstić information content (AvgIpc) is 2.95. The molecule has 0 saturated heterocycles. The fourth-order valence-corrected chi connectivity index (χ4v) is 3.36. The maximum atomic E-state index is 12.3. The number of hydrogen-bond donors (Lipinski definition) is 1. The minimum Gasteiger partial charge on any atom is -0.486 e. The molecule has 1 aliphatic heterocycles. The van der Waals surface area contributed by atoms with Crippen LogP contribution >= 0.6 is 11.6 Å². The summed E-state index contributed by atoms with van der Waals surface area (Å²) in [7, 11) is 1.98. The molecule has 1 N–H and O–H groups in total. The molecule has 0 bridgehead atoms. The van der Waals surface area contributed by atoms with E-state index in [2.05, 4.69) is 9.88 Å². The van der Waals surface area contributed by atoms with Gasteiger partial charge in [-0.2, -0.15) is 0 Å². The Bertz CT molecular complexity index is 981. The highest BCUT2D eigenvalue weighted by Gasteiger charge is 2.13. The highest BCUT2D eigenvalue weighted by molar-refractivity contribution is 6.31. The monoisotopic (exact) mass is 370 g/mol. The maximum Gasteiger partial charge on any atom is 0.224 e. The Kier molecular flexibility index (Phi) is 4.47. The Hall–Kier alpha value is -2.66. The number of rotatable bonds is 4. The van der Waals surface area contributed by atoms with Crippen LogP contribution in [0.15, 0.2) is 42.5 Å². The van der Waals surface area contributed by atoms with Crippen molar-refractivity contribution in [3.8, 4) is 11.5 Å². The summed E-state index contributed by atoms with van der Waals surface area (Å²) in [5.41, 5.74) is 3.01. The van der Waals surface area contributed by atoms with Crippen molar-refractivity contribution in [2.75, 3.05) is 13.2 Å². The average molecular weight is 371 g/mol. The molecular formula is C20H19ClN2O3. The number of aryl methyl sites for hydroxylation is 1. The summed E-state index contributed by atoms with van der Waals surface area (Å²) in [6, 6.07) is 13.4. The number of carbonyl (C=O) groups is 1. The van der Waals surface area contributed by atoms with Gasteiger partial charge in [0.05, 0.1) is 13.0 Å². The van der Waals surface area contributed by atoms with E-state index in [-0.39, 0.29) is 5.91 Å². The van der Waals surface area contributed by atoms with Gasteiger partial charge in [0.1, 0.15) is 13.2 Å². The van der Waals surface area contributed by atoms with Crippen LogP contribution in [-0.4, -0.2) is 23.7 Å². The third kappa shape index (κ3) is 3.35. The summed E-state index contributed by atoms with van der Waals surface area (Å²) in [6.07, 6.45) is 0.298. The van der Waals surface area contributed by atoms with E-state index in [0.29, 0.717) is 37.0 Å². The van der Waals surface area contributed by atoms with E-state index in [1.165, 1.54) is 0 Å². The van der Waals surface area contributed by atoms with Crippen LogP contribution in [-0.2, 0) is 24.8 Å². The second-order valence-corrected chi connectivity index (χ2v) is 6.77. The van der Waals surface area contributed by atoms with Gasteiger partial charge in [-0.25, -0.2) is 0 Å². The van der Waals surface area contributed by atoms with Gasteiger partial charge in [-0.15, -0.1) is 0 Å². The SMILES string of the molecule is Cn1c(CNC(=O)Cc2ccc3c(c2)OCCO3)cc2cc(Cl)ccc21. The molecule has 0 aliphatic carbocycles. The van der Waals surface area contributed by atoms with E-state index < -0.39 is 0 Å². The molecule has 3 aromatic rings. The molecule has 26 heavy (non-hydrogen) atoms. The summed E-state index contributed by atoms with van der Waals surface area (Å²) >= 11 is 6.05. The van der Waals surface area contributed by atoms with Crippen LogP contribution in [0.4, 0.5) is 0 Å². The van der Waals surface area contributed by atoms with Crippen LogP contribution in [0.5, 0.6) is 11.5 Å². The number of halogens is 1. The zero-order valence-electron chi connectivity index (χ0n) is 14.4. The zero-order valence-corrected chi connectivity index (χ0v) is 15.2. The van der Waals surface area contributed by atoms with Gasteiger partial charge in [0, 0.05) is 28.7 Å². The van der Waals surface area contributed by atoms with Crippen LogP contribution in [0.3, 0.4) is 0 Å². The smallest absolute Gasteiger partial charge is 0.224 e. The van der Waals surface area contributed by atoms with Gasteiger partial charge in [0.15, 0.2) is 11.5 Å². The Labute approximate surface area is 156 Å². The predicted molar refractivity (Wildman–Crippen MR) is 101 cm³/mol. The lowest BCUT2D eigenvalue weighted by Crippen LogP contribution is -2.25. The molecule has 2 heterocycles. The molecule has 134 valence electrons. The molecule has 6 heteroatoms. The van der Waals surface area contributed by atoms with Gasteiger partial charge >= 0.3 is 0 Å². The third-order valence-electron chi connectivity index (χ3n) is 4.54. The van der Waals surface area contributed by atoms with Crippen LogP contribution in [0.2, 0.25) is 5.02 Å². The zero-order chi connectivity index (χ0) is 18.1. The second-order valence-electron chi connectivity index (χ2n) is 6.33. The molecule has 1 amide bonds. The summed E-state index contributed by atoms with van der Waals surface area (Å²) in [5.74, 6) is 1.40. The third-order valence-corrected chi connectivity index (χ3v) is 4.78. The van der Waals surface area contributed by atoms with E-state index in [0.717, 1.165) is 27.9 Å². The largest absolute Gasteiger partial charge is 0.486 e. The first kappa shape index (κ1) is 16.8. The van der Waals surface area contributed by atoms with E-state index in [1.54, 1.807) is 0 Å². The highest BCUT2D eigenvalue weighted by atomic mass is 35.5. The van der Waals surface area contributed by atoms with Crippen molar-refractivity contribution in [2.45, 2.75) is 13.0 Å². The Balaban J connectivity index is 1.42. The predicted octanol–water partition coefficient (Wildman–Crippen LogP) is 3.46. The van der Waals surface area contributed by atoms with Gasteiger partial charge in [0.25, 0.3) is 0 Å². The first-order chi connectivity index (χ1) is 12.6. The highest BCUT2D eigenvalue weighted by Crippen LogP contribution is 2.30. The number of amides is 1. The molecular weight excluding hydrogens is 352 g/mol. The Morgan fingerprint density at radius 1 is 1.12 bits per heavy atom. The lowest BCUT2D eigenvalue weighted by Gasteiger charge is -2.18. The first-order valence-electron chi connectivity index (χ1n) is 8.49. The summed E-state index contributed by atoms with van der Waals surface area (Å²) in [5, 5.41) is 4.75. The van der Waals surface area contributed by atoms with Crippen LogP contribution < -0.4 is 14.8 Å². The second kappa shape index (κ2) is 6.92. The first-order valence-corrected chi connectivity index (χ1v) is 8.87. The van der Waals surface area contributed by atoms with E-state index >= 15 is 0 Å². The minimum atomic E-state index is -0.0371. The normalized spacial score (nSPS) is 13.0. The van der Waals surface area contributed by atoms with E-state index in [1.807, 2.05) is 49.5 Å². The van der Waals surface area contributed by atoms with Crippen molar-refractivity contribution in [2.24, 2.45) is 7.05 Å². The molecule has 1 aromatic heterocycles.